The van der Waals surface area contributed by atoms with Crippen LogP contribution in [0.3, 0.4) is 0 Å². The molecule has 0 aliphatic carbocycles. The van der Waals surface area contributed by atoms with Gasteiger partial charge in [0.05, 0.1) is 28.4 Å². The van der Waals surface area contributed by atoms with E-state index in [0.29, 0.717) is 34.5 Å². The highest BCUT2D eigenvalue weighted by molar-refractivity contribution is 5.86. The highest BCUT2D eigenvalue weighted by Crippen LogP contribution is 2.33. The molecule has 200 valence electrons. The predicted octanol–water partition coefficient (Wildman–Crippen LogP) is 8.05. The maximum atomic E-state index is 6.79. The first-order valence-electron chi connectivity index (χ1n) is 12.6. The lowest BCUT2D eigenvalue weighted by Crippen LogP contribution is -1.96. The Morgan fingerprint density at radius 3 is 1.15 bits per heavy atom. The van der Waals surface area contributed by atoms with Crippen LogP contribution in [0.25, 0.3) is 23.7 Å². The minimum atomic E-state index is 0.677. The van der Waals surface area contributed by atoms with E-state index >= 15 is 0 Å². The topological polar surface area (TPSA) is 46.2 Å². The van der Waals surface area contributed by atoms with Gasteiger partial charge in [0, 0.05) is 23.3 Å². The fourth-order valence-corrected chi connectivity index (χ4v) is 4.19. The monoisotopic (exact) mass is 522 g/mol. The lowest BCUT2D eigenvalue weighted by atomic mass is 10.1. The Balaban J connectivity index is 1.90. The molecule has 5 nitrogen and oxygen atoms in total. The number of ether oxygens (including phenoxy) is 5. The zero-order valence-electron chi connectivity index (χ0n) is 23.3. The average Bonchev–Trinajstić information content (AvgIpc) is 2.95. The van der Waals surface area contributed by atoms with Crippen LogP contribution in [-0.2, 0) is 4.74 Å². The largest absolute Gasteiger partial charge is 0.497 e. The molecule has 0 spiro atoms. The summed E-state index contributed by atoms with van der Waals surface area (Å²) in [5.41, 5.74) is 5.91. The molecule has 0 fully saturated rings. The summed E-state index contributed by atoms with van der Waals surface area (Å²) in [4.78, 5) is 0. The molecule has 0 saturated heterocycles. The minimum absolute atomic E-state index is 0.677. The molecule has 0 atom stereocenters. The zero-order chi connectivity index (χ0) is 27.8. The van der Waals surface area contributed by atoms with Crippen molar-refractivity contribution in [2.75, 3.05) is 28.4 Å². The van der Waals surface area contributed by atoms with Gasteiger partial charge in [-0.05, 0) is 73.5 Å². The van der Waals surface area contributed by atoms with E-state index in [1.165, 1.54) is 0 Å². The molecule has 39 heavy (non-hydrogen) atoms. The van der Waals surface area contributed by atoms with E-state index in [-0.39, 0.29) is 0 Å². The van der Waals surface area contributed by atoms with Gasteiger partial charge in [-0.15, -0.1) is 0 Å². The van der Waals surface area contributed by atoms with E-state index < -0.39 is 0 Å². The van der Waals surface area contributed by atoms with Crippen molar-refractivity contribution in [3.63, 3.8) is 0 Å². The molecule has 0 aliphatic rings. The van der Waals surface area contributed by atoms with E-state index in [2.05, 4.69) is 38.1 Å². The van der Waals surface area contributed by atoms with Gasteiger partial charge in [0.1, 0.15) is 34.5 Å². The second kappa shape index (κ2) is 12.7. The number of aryl methyl sites for hydroxylation is 2. The van der Waals surface area contributed by atoms with Crippen LogP contribution in [0.5, 0.6) is 23.0 Å². The number of benzene rings is 4. The van der Waals surface area contributed by atoms with Crippen LogP contribution in [-0.4, -0.2) is 28.4 Å². The molecule has 0 aromatic heterocycles. The van der Waals surface area contributed by atoms with Gasteiger partial charge in [-0.25, -0.2) is 0 Å². The van der Waals surface area contributed by atoms with E-state index in [4.69, 9.17) is 23.7 Å². The number of hydrogen-bond acceptors (Lipinski definition) is 5. The van der Waals surface area contributed by atoms with Crippen LogP contribution in [0.2, 0.25) is 0 Å². The van der Waals surface area contributed by atoms with Crippen molar-refractivity contribution in [1.82, 2.24) is 0 Å². The first-order chi connectivity index (χ1) is 18.9. The number of rotatable bonds is 10. The minimum Gasteiger partial charge on any atom is -0.497 e. The number of methoxy groups -OCH3 is 4. The van der Waals surface area contributed by atoms with Gasteiger partial charge in [0.15, 0.2) is 0 Å². The maximum Gasteiger partial charge on any atom is 0.135 e. The third kappa shape index (κ3) is 7.23. The summed E-state index contributed by atoms with van der Waals surface area (Å²) in [5, 5.41) is 0. The van der Waals surface area contributed by atoms with Crippen LogP contribution in [0.4, 0.5) is 0 Å². The molecule has 0 heterocycles. The van der Waals surface area contributed by atoms with Gasteiger partial charge in [-0.2, -0.15) is 0 Å². The predicted molar refractivity (Wildman–Crippen MR) is 158 cm³/mol. The summed E-state index contributed by atoms with van der Waals surface area (Å²) < 4.78 is 28.8. The Labute approximate surface area is 230 Å². The summed E-state index contributed by atoms with van der Waals surface area (Å²) in [6.45, 7) is 4.13. The van der Waals surface area contributed by atoms with Gasteiger partial charge in [-0.3, -0.25) is 0 Å². The number of hydrogen-bond donors (Lipinski definition) is 0. The first kappa shape index (κ1) is 27.4. The van der Waals surface area contributed by atoms with Crippen molar-refractivity contribution >= 4 is 23.7 Å². The lowest BCUT2D eigenvalue weighted by Gasteiger charge is -2.16. The third-order valence-corrected chi connectivity index (χ3v) is 6.17. The second-order valence-corrected chi connectivity index (χ2v) is 9.15. The van der Waals surface area contributed by atoms with Crippen molar-refractivity contribution in [3.8, 4) is 23.0 Å². The molecule has 4 aromatic rings. The Morgan fingerprint density at radius 1 is 0.487 bits per heavy atom. The summed E-state index contributed by atoms with van der Waals surface area (Å²) in [7, 11) is 6.56. The summed E-state index contributed by atoms with van der Waals surface area (Å²) in [6, 6.07) is 28.0. The highest BCUT2D eigenvalue weighted by atomic mass is 16.5. The Bertz CT molecular complexity index is 1340. The summed E-state index contributed by atoms with van der Waals surface area (Å²) in [5.74, 6) is 4.14. The van der Waals surface area contributed by atoms with Gasteiger partial charge in [0.2, 0.25) is 0 Å². The summed E-state index contributed by atoms with van der Waals surface area (Å²) in [6.07, 6.45) is 3.99. The molecule has 0 N–H and O–H groups in total. The Kier molecular flexibility index (Phi) is 8.95. The van der Waals surface area contributed by atoms with Gasteiger partial charge in [0.25, 0.3) is 0 Å². The quantitative estimate of drug-likeness (QED) is 0.156. The van der Waals surface area contributed by atoms with Crippen LogP contribution in [0, 0.1) is 13.8 Å². The SMILES string of the molecule is COc1cc(/C=C(/O/C(=C/c2cc(OC)cc(OC)c2)c2cccc(C)c2)c2cccc(C)c2)cc(OC)c1. The maximum absolute atomic E-state index is 6.79. The van der Waals surface area contributed by atoms with Gasteiger partial charge >= 0.3 is 0 Å². The van der Waals surface area contributed by atoms with Crippen LogP contribution < -0.4 is 18.9 Å². The van der Waals surface area contributed by atoms with E-state index in [1.54, 1.807) is 28.4 Å². The molecule has 0 saturated carbocycles. The highest BCUT2D eigenvalue weighted by Gasteiger charge is 2.13. The van der Waals surface area contributed by atoms with E-state index in [1.807, 2.05) is 72.8 Å². The van der Waals surface area contributed by atoms with Gasteiger partial charge in [-0.1, -0.05) is 47.5 Å². The van der Waals surface area contributed by atoms with Crippen molar-refractivity contribution in [2.24, 2.45) is 0 Å². The molecule has 0 aliphatic heterocycles. The Hall–Kier alpha value is -4.64. The fraction of sp³-hybridized carbons (Fsp3) is 0.176. The second-order valence-electron chi connectivity index (χ2n) is 9.15. The van der Waals surface area contributed by atoms with Crippen molar-refractivity contribution in [1.29, 1.82) is 0 Å². The average molecular weight is 523 g/mol. The molecule has 4 rings (SSSR count). The normalized spacial score (nSPS) is 11.6. The molecular weight excluding hydrogens is 488 g/mol. The van der Waals surface area contributed by atoms with E-state index in [9.17, 15) is 0 Å². The fourth-order valence-electron chi connectivity index (χ4n) is 4.19. The third-order valence-electron chi connectivity index (χ3n) is 6.17. The lowest BCUT2D eigenvalue weighted by molar-refractivity contribution is 0.394. The summed E-state index contributed by atoms with van der Waals surface area (Å²) >= 11 is 0. The molecule has 0 amide bonds. The van der Waals surface area contributed by atoms with Gasteiger partial charge < -0.3 is 23.7 Å². The van der Waals surface area contributed by atoms with Crippen molar-refractivity contribution < 1.29 is 23.7 Å². The molecule has 0 bridgehead atoms. The Morgan fingerprint density at radius 2 is 0.846 bits per heavy atom. The smallest absolute Gasteiger partial charge is 0.135 e. The van der Waals surface area contributed by atoms with E-state index in [0.717, 1.165) is 33.4 Å². The van der Waals surface area contributed by atoms with Crippen molar-refractivity contribution in [3.05, 3.63) is 118 Å². The van der Waals surface area contributed by atoms with Crippen LogP contribution in [0.1, 0.15) is 33.4 Å². The van der Waals surface area contributed by atoms with Crippen LogP contribution in [0.15, 0.2) is 84.9 Å². The molecule has 0 radical (unpaired) electrons. The molecule has 4 aromatic carbocycles. The molecular formula is C34H34O5. The molecule has 5 heteroatoms. The zero-order valence-corrected chi connectivity index (χ0v) is 23.3. The van der Waals surface area contributed by atoms with Crippen molar-refractivity contribution in [2.45, 2.75) is 13.8 Å². The molecule has 0 unspecified atom stereocenters. The van der Waals surface area contributed by atoms with Crippen LogP contribution >= 0.6 is 0 Å². The standard InChI is InChI=1S/C34H34O5/c1-23-9-7-11-27(13-23)33(19-25-15-29(35-3)21-30(16-25)36-4)39-34(28-12-8-10-24(2)14-28)20-26-17-31(37-5)22-32(18-26)38-6/h7-22H,1-6H3/b33-19+,34-20+. The first-order valence-corrected chi connectivity index (χ1v) is 12.6.